The molecule has 1 unspecified atom stereocenters. The van der Waals surface area contributed by atoms with Crippen molar-refractivity contribution in [1.29, 1.82) is 0 Å². The Morgan fingerprint density at radius 3 is 2.64 bits per heavy atom. The van der Waals surface area contributed by atoms with Crippen LogP contribution in [-0.2, 0) is 10.0 Å². The SMILES string of the molecule is CN(C)C1CN(S(=O)(=O)c2cccc3ccccc23)CCN1. The second-order valence-corrected chi connectivity index (χ2v) is 7.68. The van der Waals surface area contributed by atoms with Crippen molar-refractivity contribution in [3.8, 4) is 0 Å². The van der Waals surface area contributed by atoms with Crippen LogP contribution in [0, 0.1) is 0 Å². The molecule has 1 N–H and O–H groups in total. The molecular formula is C16H21N3O2S. The van der Waals surface area contributed by atoms with Crippen LogP contribution in [-0.4, -0.2) is 57.5 Å². The van der Waals surface area contributed by atoms with Crippen LogP contribution >= 0.6 is 0 Å². The number of hydrogen-bond donors (Lipinski definition) is 1. The Bertz CT molecular complexity index is 769. The minimum absolute atomic E-state index is 0.0403. The second-order valence-electron chi connectivity index (χ2n) is 5.77. The molecule has 0 amide bonds. The highest BCUT2D eigenvalue weighted by Crippen LogP contribution is 2.26. The molecule has 0 aromatic heterocycles. The Morgan fingerprint density at radius 1 is 1.14 bits per heavy atom. The van der Waals surface area contributed by atoms with Crippen molar-refractivity contribution < 1.29 is 8.42 Å². The minimum atomic E-state index is -3.49. The summed E-state index contributed by atoms with van der Waals surface area (Å²) in [5.41, 5.74) is 0. The number of sulfonamides is 1. The first-order chi connectivity index (χ1) is 10.5. The molecule has 2 aromatic carbocycles. The molecule has 0 aliphatic carbocycles. The van der Waals surface area contributed by atoms with Gasteiger partial charge in [0.05, 0.1) is 11.1 Å². The highest BCUT2D eigenvalue weighted by atomic mass is 32.2. The average Bonchev–Trinajstić information content (AvgIpc) is 2.54. The third-order valence-corrected chi connectivity index (χ3v) is 6.03. The van der Waals surface area contributed by atoms with E-state index in [0.29, 0.717) is 24.5 Å². The summed E-state index contributed by atoms with van der Waals surface area (Å²) in [7, 11) is 0.412. The van der Waals surface area contributed by atoms with Gasteiger partial charge in [0.2, 0.25) is 10.0 Å². The molecule has 118 valence electrons. The van der Waals surface area contributed by atoms with E-state index in [1.54, 1.807) is 16.4 Å². The molecule has 1 heterocycles. The van der Waals surface area contributed by atoms with E-state index in [2.05, 4.69) is 5.32 Å². The molecule has 6 heteroatoms. The van der Waals surface area contributed by atoms with Gasteiger partial charge in [-0.1, -0.05) is 36.4 Å². The van der Waals surface area contributed by atoms with Crippen LogP contribution in [0.4, 0.5) is 0 Å². The standard InChI is InChI=1S/C16H21N3O2S/c1-18(2)16-12-19(11-10-17-16)22(20,21)15-9-5-7-13-6-3-4-8-14(13)15/h3-9,16-17H,10-12H2,1-2H3. The zero-order valence-corrected chi connectivity index (χ0v) is 13.7. The lowest BCUT2D eigenvalue weighted by molar-refractivity contribution is 0.171. The van der Waals surface area contributed by atoms with E-state index >= 15 is 0 Å². The molecule has 5 nitrogen and oxygen atoms in total. The van der Waals surface area contributed by atoms with Gasteiger partial charge < -0.3 is 0 Å². The summed E-state index contributed by atoms with van der Waals surface area (Å²) in [5.74, 6) is 0. The summed E-state index contributed by atoms with van der Waals surface area (Å²) in [5, 5.41) is 5.06. The fourth-order valence-corrected chi connectivity index (χ4v) is 4.49. The third-order valence-electron chi connectivity index (χ3n) is 4.11. The van der Waals surface area contributed by atoms with E-state index < -0.39 is 10.0 Å². The van der Waals surface area contributed by atoms with Gasteiger partial charge in [0.15, 0.2) is 0 Å². The maximum Gasteiger partial charge on any atom is 0.243 e. The fourth-order valence-electron chi connectivity index (χ4n) is 2.83. The van der Waals surface area contributed by atoms with E-state index in [4.69, 9.17) is 0 Å². The molecule has 2 aromatic rings. The van der Waals surface area contributed by atoms with E-state index in [1.807, 2.05) is 49.3 Å². The van der Waals surface area contributed by atoms with E-state index in [-0.39, 0.29) is 6.17 Å². The Balaban J connectivity index is 2.01. The number of piperazine rings is 1. The summed E-state index contributed by atoms with van der Waals surface area (Å²) in [6, 6.07) is 13.1. The van der Waals surface area contributed by atoms with Crippen LogP contribution in [0.15, 0.2) is 47.4 Å². The van der Waals surface area contributed by atoms with Crippen LogP contribution in [0.5, 0.6) is 0 Å². The molecule has 0 saturated carbocycles. The Hall–Kier alpha value is -1.47. The number of nitrogens with zero attached hydrogens (tertiary/aromatic N) is 2. The van der Waals surface area contributed by atoms with Gasteiger partial charge in [-0.05, 0) is 25.5 Å². The third kappa shape index (κ3) is 2.75. The number of benzene rings is 2. The maximum atomic E-state index is 13.0. The van der Waals surface area contributed by atoms with Crippen LogP contribution < -0.4 is 5.32 Å². The van der Waals surface area contributed by atoms with Crippen LogP contribution in [0.1, 0.15) is 0 Å². The first-order valence-corrected chi connectivity index (χ1v) is 8.82. The van der Waals surface area contributed by atoms with Gasteiger partial charge in [0, 0.05) is 25.0 Å². The molecule has 1 aliphatic rings. The number of nitrogens with one attached hydrogen (secondary N) is 1. The minimum Gasteiger partial charge on any atom is -0.299 e. The van der Waals surface area contributed by atoms with Crippen molar-refractivity contribution in [1.82, 2.24) is 14.5 Å². The largest absolute Gasteiger partial charge is 0.299 e. The molecule has 3 rings (SSSR count). The molecule has 1 aliphatic heterocycles. The molecule has 0 radical (unpaired) electrons. The predicted octanol–water partition coefficient (Wildman–Crippen LogP) is 1.32. The van der Waals surface area contributed by atoms with Crippen LogP contribution in [0.2, 0.25) is 0 Å². The number of rotatable bonds is 3. The molecule has 22 heavy (non-hydrogen) atoms. The molecule has 0 spiro atoms. The van der Waals surface area contributed by atoms with E-state index in [1.165, 1.54) is 0 Å². The number of likely N-dealkylation sites (N-methyl/N-ethyl adjacent to an activating group) is 1. The molecule has 1 fully saturated rings. The molecule has 1 saturated heterocycles. The molecular weight excluding hydrogens is 298 g/mol. The molecule has 1 atom stereocenters. The zero-order chi connectivity index (χ0) is 15.7. The van der Waals surface area contributed by atoms with Gasteiger partial charge in [0.25, 0.3) is 0 Å². The second kappa shape index (κ2) is 5.96. The summed E-state index contributed by atoms with van der Waals surface area (Å²) in [6.07, 6.45) is 0.0403. The Kier molecular flexibility index (Phi) is 4.18. The predicted molar refractivity (Wildman–Crippen MR) is 88.2 cm³/mol. The van der Waals surface area contributed by atoms with E-state index in [0.717, 1.165) is 10.8 Å². The zero-order valence-electron chi connectivity index (χ0n) is 12.9. The van der Waals surface area contributed by atoms with Crippen molar-refractivity contribution in [2.45, 2.75) is 11.1 Å². The van der Waals surface area contributed by atoms with Crippen molar-refractivity contribution in [2.75, 3.05) is 33.7 Å². The van der Waals surface area contributed by atoms with Crippen LogP contribution in [0.3, 0.4) is 0 Å². The Labute approximate surface area is 131 Å². The Morgan fingerprint density at radius 2 is 1.86 bits per heavy atom. The topological polar surface area (TPSA) is 52.7 Å². The summed E-state index contributed by atoms with van der Waals surface area (Å²) >= 11 is 0. The van der Waals surface area contributed by atoms with Gasteiger partial charge in [-0.15, -0.1) is 0 Å². The fraction of sp³-hybridized carbons (Fsp3) is 0.375. The first kappa shape index (κ1) is 15.4. The van der Waals surface area contributed by atoms with Crippen molar-refractivity contribution in [3.63, 3.8) is 0 Å². The smallest absolute Gasteiger partial charge is 0.243 e. The van der Waals surface area contributed by atoms with Gasteiger partial charge in [-0.2, -0.15) is 4.31 Å². The monoisotopic (exact) mass is 319 g/mol. The number of fused-ring (bicyclic) bond motifs is 1. The van der Waals surface area contributed by atoms with Gasteiger partial charge >= 0.3 is 0 Å². The van der Waals surface area contributed by atoms with E-state index in [9.17, 15) is 8.42 Å². The lowest BCUT2D eigenvalue weighted by atomic mass is 10.1. The lowest BCUT2D eigenvalue weighted by Gasteiger charge is -2.36. The first-order valence-electron chi connectivity index (χ1n) is 7.38. The summed E-state index contributed by atoms with van der Waals surface area (Å²) in [6.45, 7) is 1.61. The quantitative estimate of drug-likeness (QED) is 0.927. The van der Waals surface area contributed by atoms with Gasteiger partial charge in [-0.25, -0.2) is 8.42 Å². The van der Waals surface area contributed by atoms with Crippen molar-refractivity contribution in [2.24, 2.45) is 0 Å². The van der Waals surface area contributed by atoms with Crippen LogP contribution in [0.25, 0.3) is 10.8 Å². The molecule has 0 bridgehead atoms. The van der Waals surface area contributed by atoms with Gasteiger partial charge in [0.1, 0.15) is 0 Å². The van der Waals surface area contributed by atoms with Crippen molar-refractivity contribution >= 4 is 20.8 Å². The summed E-state index contributed by atoms with van der Waals surface area (Å²) < 4.78 is 27.7. The normalized spacial score (nSPS) is 20.6. The van der Waals surface area contributed by atoms with Crippen molar-refractivity contribution in [3.05, 3.63) is 42.5 Å². The van der Waals surface area contributed by atoms with Gasteiger partial charge in [-0.3, -0.25) is 10.2 Å². The highest BCUT2D eigenvalue weighted by molar-refractivity contribution is 7.89. The average molecular weight is 319 g/mol. The lowest BCUT2D eigenvalue weighted by Crippen LogP contribution is -2.57. The number of hydrogen-bond acceptors (Lipinski definition) is 4. The maximum absolute atomic E-state index is 13.0. The highest BCUT2D eigenvalue weighted by Gasteiger charge is 2.31. The summed E-state index contributed by atoms with van der Waals surface area (Å²) in [4.78, 5) is 2.40.